The number of thiazole rings is 1. The Morgan fingerprint density at radius 2 is 1.84 bits per heavy atom. The fraction of sp³-hybridized carbons (Fsp3) is 0.521. The minimum Gasteiger partial charge on any atom is -0.493 e. The van der Waals surface area contributed by atoms with E-state index in [-0.39, 0.29) is 58.6 Å². The summed E-state index contributed by atoms with van der Waals surface area (Å²) in [4.78, 5) is 23.3. The van der Waals surface area contributed by atoms with Crippen LogP contribution in [0.1, 0.15) is 121 Å². The van der Waals surface area contributed by atoms with E-state index in [0.717, 1.165) is 40.0 Å². The van der Waals surface area contributed by atoms with E-state index in [9.17, 15) is 49.1 Å². The van der Waals surface area contributed by atoms with Gasteiger partial charge in [0.25, 0.3) is 30.4 Å². The molecule has 1 amide bonds. The molecule has 374 valence electrons. The largest absolute Gasteiger partial charge is 0.493 e. The average Bonchev–Trinajstić information content (AvgIpc) is 3.81. The van der Waals surface area contributed by atoms with Crippen molar-refractivity contribution in [2.24, 2.45) is 16.3 Å². The number of carbonyl (C=O) groups is 1. The lowest BCUT2D eigenvalue weighted by molar-refractivity contribution is -0.121. The number of hydrogen-bond donors (Lipinski definition) is 5. The van der Waals surface area contributed by atoms with Gasteiger partial charge in [-0.15, -0.1) is 11.3 Å². The molecule has 5 N–H and O–H groups in total. The number of aryl methyl sites for hydroxylation is 1. The van der Waals surface area contributed by atoms with Gasteiger partial charge in [0.1, 0.15) is 16.7 Å². The molecule has 0 spiro atoms. The van der Waals surface area contributed by atoms with E-state index in [4.69, 9.17) is 15.0 Å². The van der Waals surface area contributed by atoms with Crippen LogP contribution in [0.5, 0.6) is 5.75 Å². The third-order valence-corrected chi connectivity index (χ3v) is 17.1. The molecule has 3 atom stereocenters. The highest BCUT2D eigenvalue weighted by Crippen LogP contribution is 2.56. The molecular weight excluding hydrogens is 965 g/mol. The highest BCUT2D eigenvalue weighted by atomic mass is 32.2. The van der Waals surface area contributed by atoms with Crippen molar-refractivity contribution in [2.75, 3.05) is 36.9 Å². The first-order valence-corrected chi connectivity index (χ1v) is 28.6. The zero-order valence-electron chi connectivity index (χ0n) is 39.5. The van der Waals surface area contributed by atoms with Gasteiger partial charge >= 0.3 is 0 Å². The van der Waals surface area contributed by atoms with Crippen molar-refractivity contribution >= 4 is 74.9 Å². The number of fused-ring (bicyclic) bond motifs is 1. The molecule has 0 radical (unpaired) electrons. The molecule has 3 unspecified atom stereocenters. The summed E-state index contributed by atoms with van der Waals surface area (Å²) in [6, 6.07) is 10.7. The molecule has 3 aliphatic heterocycles. The number of nitrogens with one attached hydrogen (secondary N) is 2. The first-order chi connectivity index (χ1) is 32.5. The Balaban J connectivity index is 1.20. The van der Waals surface area contributed by atoms with E-state index < -0.39 is 46.9 Å². The molecule has 69 heavy (non-hydrogen) atoms. The van der Waals surface area contributed by atoms with Crippen molar-refractivity contribution in [2.45, 2.75) is 121 Å². The summed E-state index contributed by atoms with van der Waals surface area (Å²) < 4.78 is 112. The minimum atomic E-state index is -4.77. The summed E-state index contributed by atoms with van der Waals surface area (Å²) in [5.74, 6) is -0.186. The van der Waals surface area contributed by atoms with Crippen LogP contribution in [0.15, 0.2) is 74.6 Å². The van der Waals surface area contributed by atoms with Gasteiger partial charge in [0, 0.05) is 70.8 Å². The topological polar surface area (TPSA) is 278 Å². The number of carbonyl (C=O) groups excluding carboxylic acids is 1. The van der Waals surface area contributed by atoms with Crippen molar-refractivity contribution in [3.05, 3.63) is 80.9 Å². The molecule has 0 saturated heterocycles. The maximum Gasteiger partial charge on any atom is 0.294 e. The Morgan fingerprint density at radius 3 is 2.54 bits per heavy atom. The first kappa shape index (κ1) is 53.5. The van der Waals surface area contributed by atoms with E-state index >= 15 is 0 Å². The molecular formula is C48H62N6O11S4. The van der Waals surface area contributed by atoms with Gasteiger partial charge in [0.15, 0.2) is 5.01 Å². The number of benzene rings is 2. The van der Waals surface area contributed by atoms with Crippen molar-refractivity contribution < 1.29 is 48.4 Å². The molecule has 0 fully saturated rings. The van der Waals surface area contributed by atoms with Crippen LogP contribution in [0.2, 0.25) is 0 Å². The van der Waals surface area contributed by atoms with Crippen LogP contribution < -0.4 is 15.0 Å². The maximum atomic E-state index is 13.0. The van der Waals surface area contributed by atoms with Crippen LogP contribution in [0.4, 0.5) is 5.69 Å². The van der Waals surface area contributed by atoms with Crippen LogP contribution in [0.3, 0.4) is 0 Å². The quantitative estimate of drug-likeness (QED) is 0.0338. The van der Waals surface area contributed by atoms with Gasteiger partial charge in [0.2, 0.25) is 5.91 Å². The Labute approximate surface area is 409 Å². The standard InChI is InChI=1S/C48H62N6O11S4/c1-32-14-11-25-52-45(32)43(33(2)68(59,60)61)47(3,23-8-9-29-67(56,57)58)39(50)16-10-17-40-48(4,44-38(69(62,63)64)22-19-34-15-12-27-54(40)46(34)44)24-7-5-6-18-41(55)51-26-13-28-65-35-20-21-36-37(30-35)66-42(31-49)53-36/h10,16-17,19-22,30,32,50H,5-9,11-15,18,23-29H2,1-4H3,(H,51,55)(H,56,57,58)(H,59,60,61)(H,62,63,64)/b16-10?,40-17?,43-33-,50-39?. The summed E-state index contributed by atoms with van der Waals surface area (Å²) >= 11 is 1.29. The minimum absolute atomic E-state index is 0.0277. The predicted octanol–water partition coefficient (Wildman–Crippen LogP) is 8.53. The molecule has 0 bridgehead atoms. The van der Waals surface area contributed by atoms with Crippen LogP contribution in [-0.2, 0) is 47.0 Å². The number of hydrogen-bond acceptors (Lipinski definition) is 14. The lowest BCUT2D eigenvalue weighted by Gasteiger charge is -2.37. The summed E-state index contributed by atoms with van der Waals surface area (Å²) in [6.45, 7) is 8.56. The van der Waals surface area contributed by atoms with E-state index in [0.29, 0.717) is 93.2 Å². The van der Waals surface area contributed by atoms with Crippen molar-refractivity contribution in [1.29, 1.82) is 10.7 Å². The van der Waals surface area contributed by atoms with Crippen molar-refractivity contribution in [3.63, 3.8) is 0 Å². The second kappa shape index (κ2) is 22.1. The van der Waals surface area contributed by atoms with Gasteiger partial charge in [-0.25, -0.2) is 4.98 Å². The SMILES string of the molecule is C/C(=C(\C1=NCCCC1C)C(C)(CCCCS(=O)(=O)O)C(=N)C=CC=C1N2CCCc3ccc(S(=O)(=O)O)c(c32)C1(C)CCCCCC(=O)NCCCOc1ccc2nc(C#N)sc2c1)S(=O)(=O)O. The van der Waals surface area contributed by atoms with E-state index in [1.54, 1.807) is 31.2 Å². The summed E-state index contributed by atoms with van der Waals surface area (Å²) in [5.41, 5.74) is 1.83. The number of aromatic nitrogens is 1. The molecule has 3 aliphatic rings. The second-order valence-electron chi connectivity index (χ2n) is 18.5. The zero-order chi connectivity index (χ0) is 50.4. The number of rotatable bonds is 23. The van der Waals surface area contributed by atoms with Crippen LogP contribution in [-0.4, -0.2) is 93.2 Å². The molecule has 6 rings (SSSR count). The Hall–Kier alpha value is -4.82. The molecule has 1 aromatic heterocycles. The van der Waals surface area contributed by atoms with Gasteiger partial charge in [-0.2, -0.15) is 30.5 Å². The second-order valence-corrected chi connectivity index (χ2v) is 24.1. The summed E-state index contributed by atoms with van der Waals surface area (Å²) in [6.07, 6.45) is 11.3. The van der Waals surface area contributed by atoms with Gasteiger partial charge in [-0.1, -0.05) is 38.3 Å². The smallest absolute Gasteiger partial charge is 0.294 e. The predicted molar refractivity (Wildman–Crippen MR) is 268 cm³/mol. The van der Waals surface area contributed by atoms with Gasteiger partial charge in [-0.3, -0.25) is 23.4 Å². The number of anilines is 1. The molecule has 0 saturated carbocycles. The summed E-state index contributed by atoms with van der Waals surface area (Å²) in [5, 5.41) is 22.0. The van der Waals surface area contributed by atoms with Crippen LogP contribution >= 0.6 is 11.3 Å². The molecule has 4 heterocycles. The molecule has 3 aromatic rings. The average molecular weight is 1030 g/mol. The lowest BCUT2D eigenvalue weighted by atomic mass is 9.69. The zero-order valence-corrected chi connectivity index (χ0v) is 42.7. The Morgan fingerprint density at radius 1 is 1.07 bits per heavy atom. The third-order valence-electron chi connectivity index (χ3n) is 13.5. The van der Waals surface area contributed by atoms with Crippen LogP contribution in [0, 0.1) is 28.1 Å². The lowest BCUT2D eigenvalue weighted by Crippen LogP contribution is -2.37. The molecule has 0 aliphatic carbocycles. The fourth-order valence-electron chi connectivity index (χ4n) is 9.94. The normalized spacial score (nSPS) is 20.3. The molecule has 2 aromatic carbocycles. The van der Waals surface area contributed by atoms with E-state index in [1.165, 1.54) is 30.4 Å². The molecule has 17 nitrogen and oxygen atoms in total. The number of nitrogens with zero attached hydrogens (tertiary/aromatic N) is 4. The van der Waals surface area contributed by atoms with Gasteiger partial charge < -0.3 is 20.4 Å². The first-order valence-electron chi connectivity index (χ1n) is 23.3. The third kappa shape index (κ3) is 12.8. The highest BCUT2D eigenvalue weighted by Gasteiger charge is 2.48. The Kier molecular flexibility index (Phi) is 17.1. The fourth-order valence-corrected chi connectivity index (χ4v) is 12.7. The molecule has 21 heteroatoms. The summed E-state index contributed by atoms with van der Waals surface area (Å²) in [7, 11) is -13.7. The number of amides is 1. The van der Waals surface area contributed by atoms with Crippen molar-refractivity contribution in [3.8, 4) is 11.8 Å². The number of unbranched alkanes of at least 4 members (excludes halogenated alkanes) is 3. The van der Waals surface area contributed by atoms with Crippen molar-refractivity contribution in [1.82, 2.24) is 10.3 Å². The number of ether oxygens (including phenoxy) is 1. The number of allylic oxidation sites excluding steroid dienone is 6. The van der Waals surface area contributed by atoms with Crippen LogP contribution in [0.25, 0.3) is 10.2 Å². The maximum absolute atomic E-state index is 13.0. The van der Waals surface area contributed by atoms with E-state index in [2.05, 4.69) is 15.2 Å². The number of aliphatic imine (C=N–C) groups is 1. The van der Waals surface area contributed by atoms with Gasteiger partial charge in [-0.05, 0) is 126 Å². The Bertz CT molecular complexity index is 2970. The van der Waals surface area contributed by atoms with E-state index in [1.807, 2.05) is 32.1 Å². The monoisotopic (exact) mass is 1030 g/mol. The number of nitriles is 1. The highest BCUT2D eigenvalue weighted by molar-refractivity contribution is 7.89. The van der Waals surface area contributed by atoms with Gasteiger partial charge in [0.05, 0.1) is 27.5 Å².